The molecule has 6 heterocycles. The fraction of sp³-hybridized carbons (Fsp3) is 0.371. The Morgan fingerprint density at radius 1 is 1.09 bits per heavy atom. The van der Waals surface area contributed by atoms with Gasteiger partial charge in [0.15, 0.2) is 0 Å². The van der Waals surface area contributed by atoms with E-state index in [9.17, 15) is 14.7 Å². The van der Waals surface area contributed by atoms with E-state index in [2.05, 4.69) is 56.4 Å². The van der Waals surface area contributed by atoms with Crippen LogP contribution in [-0.4, -0.2) is 43.6 Å². The first-order chi connectivity index (χ1) is 20.6. The number of allylic oxidation sites excluding steroid dienone is 1. The van der Waals surface area contributed by atoms with Crippen LogP contribution in [0.2, 0.25) is 0 Å². The Labute approximate surface area is 251 Å². The number of aliphatic carboxylic acids is 1. The van der Waals surface area contributed by atoms with E-state index in [-0.39, 0.29) is 24.2 Å². The topological polar surface area (TPSA) is 121 Å². The van der Waals surface area contributed by atoms with Crippen LogP contribution in [0.3, 0.4) is 0 Å². The molecule has 3 aromatic heterocycles. The lowest BCUT2D eigenvalue weighted by Crippen LogP contribution is -2.16. The Morgan fingerprint density at radius 2 is 1.84 bits per heavy atom. The van der Waals surface area contributed by atoms with Crippen LogP contribution < -0.4 is 0 Å². The summed E-state index contributed by atoms with van der Waals surface area (Å²) in [6, 6.07) is 6.25. The summed E-state index contributed by atoms with van der Waals surface area (Å²) < 4.78 is 5.64. The molecule has 0 aromatic carbocycles. The van der Waals surface area contributed by atoms with Crippen molar-refractivity contribution in [2.75, 3.05) is 6.61 Å². The lowest BCUT2D eigenvalue weighted by Gasteiger charge is -2.19. The quantitative estimate of drug-likeness (QED) is 0.273. The zero-order chi connectivity index (χ0) is 30.6. The second-order valence-electron chi connectivity index (χ2n) is 11.9. The lowest BCUT2D eigenvalue weighted by atomic mass is 9.84. The van der Waals surface area contributed by atoms with E-state index in [0.29, 0.717) is 42.8 Å². The minimum absolute atomic E-state index is 0.0253. The number of H-pyrrole nitrogens is 2. The number of aromatic amines is 2. The standard InChI is InChI=1S/C35H38N4O4/c1-7-21-17(3)25-14-27-19(5)23(11-12-31(40)41)33(38-27)24-10-9-13-43-35(42)32-20(6)28(39-34(24)32)16-30-22(8-2)18(4)26(37-30)15-29(21)36-25/h7,14-16,19,23,36-37H,1,8-13H2,2-6H3,(H,40,41)/t19-,23?/m0/s1. The summed E-state index contributed by atoms with van der Waals surface area (Å²) in [7, 11) is 0. The molecule has 8 heteroatoms. The van der Waals surface area contributed by atoms with Crippen molar-refractivity contribution in [3.63, 3.8) is 0 Å². The smallest absolute Gasteiger partial charge is 0.340 e. The SMILES string of the molecule is C=Cc1c(C)c2cc3nc(c4c5nc(cc6[nH]c(cc1[nH]2)c(C)c6CC)C(C)=C5C(=O)OCCC4)C(CCC(=O)O)[C@@H]3C. The van der Waals surface area contributed by atoms with Gasteiger partial charge in [0.1, 0.15) is 0 Å². The zero-order valence-corrected chi connectivity index (χ0v) is 25.5. The first-order valence-corrected chi connectivity index (χ1v) is 15.1. The van der Waals surface area contributed by atoms with Gasteiger partial charge in [-0.25, -0.2) is 9.78 Å². The highest BCUT2D eigenvalue weighted by molar-refractivity contribution is 6.25. The molecular formula is C35H38N4O4. The van der Waals surface area contributed by atoms with Gasteiger partial charge in [0, 0.05) is 62.8 Å². The van der Waals surface area contributed by atoms with Gasteiger partial charge in [0.2, 0.25) is 0 Å². The highest BCUT2D eigenvalue weighted by Crippen LogP contribution is 2.44. The highest BCUT2D eigenvalue weighted by atomic mass is 16.5. The monoisotopic (exact) mass is 578 g/mol. The van der Waals surface area contributed by atoms with Gasteiger partial charge in [-0.1, -0.05) is 26.5 Å². The molecule has 3 N–H and O–H groups in total. The summed E-state index contributed by atoms with van der Waals surface area (Å²) >= 11 is 0. The molecule has 3 aromatic rings. The number of fused-ring (bicyclic) bond motifs is 8. The third kappa shape index (κ3) is 4.79. The van der Waals surface area contributed by atoms with Crippen molar-refractivity contribution >= 4 is 51.2 Å². The van der Waals surface area contributed by atoms with Crippen molar-refractivity contribution < 1.29 is 19.4 Å². The van der Waals surface area contributed by atoms with Crippen molar-refractivity contribution in [1.29, 1.82) is 0 Å². The Hall–Kier alpha value is -4.46. The van der Waals surface area contributed by atoms with E-state index < -0.39 is 5.97 Å². The maximum absolute atomic E-state index is 13.4. The van der Waals surface area contributed by atoms with Gasteiger partial charge in [-0.2, -0.15) is 0 Å². The number of nitrogens with one attached hydrogen (secondary N) is 2. The predicted octanol–water partition coefficient (Wildman–Crippen LogP) is 7.31. The first kappa shape index (κ1) is 28.6. The average molecular weight is 579 g/mol. The number of carboxylic acids is 1. The molecule has 0 spiro atoms. The van der Waals surface area contributed by atoms with Crippen LogP contribution >= 0.6 is 0 Å². The summed E-state index contributed by atoms with van der Waals surface area (Å²) in [6.07, 6.45) is 4.46. The van der Waals surface area contributed by atoms with Gasteiger partial charge < -0.3 is 19.8 Å². The molecule has 43 heavy (non-hydrogen) atoms. The first-order valence-electron chi connectivity index (χ1n) is 15.1. The molecule has 222 valence electrons. The molecular weight excluding hydrogens is 540 g/mol. The lowest BCUT2D eigenvalue weighted by molar-refractivity contribution is -0.137. The van der Waals surface area contributed by atoms with Crippen LogP contribution in [-0.2, 0) is 27.2 Å². The number of hydrogen-bond donors (Lipinski definition) is 3. The summed E-state index contributed by atoms with van der Waals surface area (Å²) in [5, 5.41) is 9.60. The Bertz CT molecular complexity index is 1890. The van der Waals surface area contributed by atoms with Crippen LogP contribution in [0.5, 0.6) is 0 Å². The zero-order valence-electron chi connectivity index (χ0n) is 25.5. The van der Waals surface area contributed by atoms with Crippen LogP contribution in [0.1, 0.15) is 102 Å². The van der Waals surface area contributed by atoms with Crippen LogP contribution in [0, 0.1) is 13.8 Å². The third-order valence-corrected chi connectivity index (χ3v) is 9.41. The molecule has 8 bridgehead atoms. The van der Waals surface area contributed by atoms with Crippen molar-refractivity contribution in [2.24, 2.45) is 0 Å². The number of esters is 1. The van der Waals surface area contributed by atoms with Crippen molar-refractivity contribution in [3.05, 3.63) is 75.4 Å². The summed E-state index contributed by atoms with van der Waals surface area (Å²) in [5.74, 6) is -1.36. The predicted molar refractivity (Wildman–Crippen MR) is 170 cm³/mol. The summed E-state index contributed by atoms with van der Waals surface area (Å²) in [5.41, 5.74) is 13.5. The minimum atomic E-state index is -0.836. The van der Waals surface area contributed by atoms with Crippen LogP contribution in [0.4, 0.5) is 0 Å². The van der Waals surface area contributed by atoms with E-state index >= 15 is 0 Å². The maximum atomic E-state index is 13.4. The van der Waals surface area contributed by atoms with Gasteiger partial charge in [-0.15, -0.1) is 0 Å². The molecule has 0 radical (unpaired) electrons. The number of cyclic esters (lactones) is 1. The Morgan fingerprint density at radius 3 is 2.56 bits per heavy atom. The van der Waals surface area contributed by atoms with E-state index in [4.69, 9.17) is 14.7 Å². The number of aromatic nitrogens is 4. The molecule has 2 atom stereocenters. The molecule has 0 amide bonds. The van der Waals surface area contributed by atoms with E-state index in [1.807, 2.05) is 19.1 Å². The van der Waals surface area contributed by atoms with Crippen molar-refractivity contribution in [1.82, 2.24) is 19.9 Å². The molecule has 3 aliphatic heterocycles. The number of ether oxygens (including phenoxy) is 1. The number of carbonyl (C=O) groups excluding carboxylic acids is 1. The van der Waals surface area contributed by atoms with E-state index in [1.165, 1.54) is 5.56 Å². The van der Waals surface area contributed by atoms with Gasteiger partial charge >= 0.3 is 11.9 Å². The third-order valence-electron chi connectivity index (χ3n) is 9.41. The van der Waals surface area contributed by atoms with Gasteiger partial charge in [0.05, 0.1) is 23.6 Å². The highest BCUT2D eigenvalue weighted by Gasteiger charge is 2.35. The van der Waals surface area contributed by atoms with Gasteiger partial charge in [-0.05, 0) is 86.9 Å². The molecule has 0 aliphatic carbocycles. The average Bonchev–Trinajstić information content (AvgIpc) is 3.64. The molecule has 0 saturated heterocycles. The molecule has 1 unspecified atom stereocenters. The minimum Gasteiger partial charge on any atom is -0.481 e. The number of hydrogen-bond acceptors (Lipinski definition) is 5. The fourth-order valence-corrected chi connectivity index (χ4v) is 6.92. The fourth-order valence-electron chi connectivity index (χ4n) is 6.92. The van der Waals surface area contributed by atoms with Gasteiger partial charge in [-0.3, -0.25) is 9.78 Å². The largest absolute Gasteiger partial charge is 0.481 e. The number of nitrogens with zero attached hydrogens (tertiary/aromatic N) is 2. The Balaban J connectivity index is 1.80. The Kier molecular flexibility index (Phi) is 7.32. The summed E-state index contributed by atoms with van der Waals surface area (Å²) in [4.78, 5) is 42.7. The van der Waals surface area contributed by atoms with Crippen LogP contribution in [0.15, 0.2) is 24.8 Å². The van der Waals surface area contributed by atoms with E-state index in [1.54, 1.807) is 0 Å². The molecule has 3 aliphatic rings. The van der Waals surface area contributed by atoms with Gasteiger partial charge in [0.25, 0.3) is 0 Å². The maximum Gasteiger partial charge on any atom is 0.340 e. The molecule has 0 saturated carbocycles. The van der Waals surface area contributed by atoms with Crippen molar-refractivity contribution in [2.45, 2.75) is 78.6 Å². The number of aryl methyl sites for hydroxylation is 3. The number of carbonyl (C=O) groups is 2. The summed E-state index contributed by atoms with van der Waals surface area (Å²) in [6.45, 7) is 14.8. The molecule has 8 nitrogen and oxygen atoms in total. The molecule has 0 fully saturated rings. The molecule has 6 rings (SSSR count). The second kappa shape index (κ2) is 11.0. The van der Waals surface area contributed by atoms with Crippen molar-refractivity contribution in [3.8, 4) is 0 Å². The normalized spacial score (nSPS) is 18.3. The van der Waals surface area contributed by atoms with E-state index in [0.717, 1.165) is 67.7 Å². The second-order valence-corrected chi connectivity index (χ2v) is 11.9. The number of rotatable bonds is 5. The number of carboxylic acid groups (broad SMARTS) is 1. The van der Waals surface area contributed by atoms with Crippen LogP contribution in [0.25, 0.3) is 39.3 Å².